The first-order valence-electron chi connectivity index (χ1n) is 5.06. The summed E-state index contributed by atoms with van der Waals surface area (Å²) < 4.78 is 0. The van der Waals surface area contributed by atoms with Crippen molar-refractivity contribution in [3.63, 3.8) is 0 Å². The third-order valence-electron chi connectivity index (χ3n) is 2.36. The van der Waals surface area contributed by atoms with E-state index in [1.807, 2.05) is 0 Å². The average Bonchev–Trinajstić information content (AvgIpc) is 2.28. The minimum absolute atomic E-state index is 0.00153. The van der Waals surface area contributed by atoms with Gasteiger partial charge in [-0.1, -0.05) is 19.1 Å². The lowest BCUT2D eigenvalue weighted by Crippen LogP contribution is -2.32. The van der Waals surface area contributed by atoms with Gasteiger partial charge in [0.1, 0.15) is 5.78 Å². The highest BCUT2D eigenvalue weighted by atomic mass is 16.6. The molecule has 1 rings (SSSR count). The van der Waals surface area contributed by atoms with E-state index < -0.39 is 11.0 Å². The van der Waals surface area contributed by atoms with Crippen LogP contribution in [0, 0.1) is 10.1 Å². The number of benzene rings is 1. The van der Waals surface area contributed by atoms with Gasteiger partial charge in [-0.05, 0) is 12.0 Å². The van der Waals surface area contributed by atoms with Gasteiger partial charge in [0.2, 0.25) is 0 Å². The molecule has 16 heavy (non-hydrogen) atoms. The first kappa shape index (κ1) is 12.3. The van der Waals surface area contributed by atoms with Gasteiger partial charge in [-0.25, -0.2) is 0 Å². The molecule has 0 spiro atoms. The summed E-state index contributed by atoms with van der Waals surface area (Å²) in [6.45, 7) is 1.76. The van der Waals surface area contributed by atoms with Gasteiger partial charge in [-0.2, -0.15) is 0 Å². The lowest BCUT2D eigenvalue weighted by Gasteiger charge is -2.08. The van der Waals surface area contributed by atoms with E-state index in [1.165, 1.54) is 12.1 Å². The Labute approximate surface area is 93.4 Å². The van der Waals surface area contributed by atoms with Crippen LogP contribution < -0.4 is 5.73 Å². The molecule has 86 valence electrons. The van der Waals surface area contributed by atoms with E-state index in [2.05, 4.69) is 0 Å². The zero-order valence-electron chi connectivity index (χ0n) is 9.05. The van der Waals surface area contributed by atoms with E-state index in [1.54, 1.807) is 19.1 Å². The lowest BCUT2D eigenvalue weighted by molar-refractivity contribution is -0.384. The Kier molecular flexibility index (Phi) is 4.13. The van der Waals surface area contributed by atoms with Crippen LogP contribution in [0.1, 0.15) is 18.9 Å². The summed E-state index contributed by atoms with van der Waals surface area (Å²) >= 11 is 0. The summed E-state index contributed by atoms with van der Waals surface area (Å²) in [5, 5.41) is 10.4. The van der Waals surface area contributed by atoms with Crippen molar-refractivity contribution in [1.82, 2.24) is 0 Å². The van der Waals surface area contributed by atoms with Gasteiger partial charge in [0.25, 0.3) is 5.69 Å². The maximum absolute atomic E-state index is 11.3. The summed E-state index contributed by atoms with van der Waals surface area (Å²) in [6.07, 6.45) is 0.832. The highest BCUT2D eigenvalue weighted by Gasteiger charge is 2.12. The number of Topliss-reactive ketones (excluding diaryl/α,β-unsaturated/α-hetero) is 1. The molecule has 1 aromatic rings. The number of hydrogen-bond acceptors (Lipinski definition) is 4. The Bertz CT molecular complexity index is 387. The normalized spacial score (nSPS) is 12.1. The molecule has 0 aliphatic carbocycles. The standard InChI is InChI=1S/C11H14N2O3/c1-2-11(14)10(12)7-8-3-5-9(6-4-8)13(15)16/h3-6,10H,2,7,12H2,1H3/t10-/m1/s1. The Morgan fingerprint density at radius 2 is 2.00 bits per heavy atom. The van der Waals surface area contributed by atoms with Crippen LogP contribution in [0.25, 0.3) is 0 Å². The van der Waals surface area contributed by atoms with Crippen molar-refractivity contribution in [2.75, 3.05) is 0 Å². The van der Waals surface area contributed by atoms with Crippen molar-refractivity contribution in [3.05, 3.63) is 39.9 Å². The van der Waals surface area contributed by atoms with Crippen molar-refractivity contribution in [2.45, 2.75) is 25.8 Å². The van der Waals surface area contributed by atoms with Gasteiger partial charge in [0, 0.05) is 18.6 Å². The van der Waals surface area contributed by atoms with Crippen LogP contribution in [-0.4, -0.2) is 16.7 Å². The predicted molar refractivity (Wildman–Crippen MR) is 60.1 cm³/mol. The number of carbonyl (C=O) groups excluding carboxylic acids is 1. The second-order valence-corrected chi connectivity index (χ2v) is 3.55. The molecule has 0 fully saturated rings. The van der Waals surface area contributed by atoms with Gasteiger partial charge in [0.05, 0.1) is 11.0 Å². The van der Waals surface area contributed by atoms with Crippen LogP contribution in [0.5, 0.6) is 0 Å². The third-order valence-corrected chi connectivity index (χ3v) is 2.36. The maximum atomic E-state index is 11.3. The van der Waals surface area contributed by atoms with Crippen LogP contribution in [0.15, 0.2) is 24.3 Å². The summed E-state index contributed by atoms with van der Waals surface area (Å²) in [4.78, 5) is 21.2. The monoisotopic (exact) mass is 222 g/mol. The van der Waals surface area contributed by atoms with Crippen molar-refractivity contribution >= 4 is 11.5 Å². The van der Waals surface area contributed by atoms with E-state index in [9.17, 15) is 14.9 Å². The topological polar surface area (TPSA) is 86.2 Å². The number of carbonyl (C=O) groups is 1. The molecule has 0 radical (unpaired) electrons. The number of ketones is 1. The van der Waals surface area contributed by atoms with E-state index in [4.69, 9.17) is 5.73 Å². The molecule has 5 nitrogen and oxygen atoms in total. The Morgan fingerprint density at radius 3 is 2.44 bits per heavy atom. The van der Waals surface area contributed by atoms with Crippen molar-refractivity contribution in [3.8, 4) is 0 Å². The van der Waals surface area contributed by atoms with Gasteiger partial charge in [-0.3, -0.25) is 14.9 Å². The van der Waals surface area contributed by atoms with Gasteiger partial charge < -0.3 is 5.73 Å². The Morgan fingerprint density at radius 1 is 1.44 bits per heavy atom. The summed E-state index contributed by atoms with van der Waals surface area (Å²) in [6, 6.07) is 5.56. The smallest absolute Gasteiger partial charge is 0.269 e. The second-order valence-electron chi connectivity index (χ2n) is 3.55. The molecule has 0 unspecified atom stereocenters. The van der Waals surface area contributed by atoms with Crippen molar-refractivity contribution in [1.29, 1.82) is 0 Å². The van der Waals surface area contributed by atoms with E-state index >= 15 is 0 Å². The summed E-state index contributed by atoms with van der Waals surface area (Å²) in [5.41, 5.74) is 6.55. The maximum Gasteiger partial charge on any atom is 0.269 e. The number of nitrogens with zero attached hydrogens (tertiary/aromatic N) is 1. The molecule has 0 saturated heterocycles. The first-order chi connectivity index (χ1) is 7.54. The van der Waals surface area contributed by atoms with Crippen LogP contribution in [0.3, 0.4) is 0 Å². The second kappa shape index (κ2) is 5.37. The lowest BCUT2D eigenvalue weighted by atomic mass is 10.0. The number of nitro groups is 1. The predicted octanol–water partition coefficient (Wildman–Crippen LogP) is 1.44. The number of hydrogen-bond donors (Lipinski definition) is 1. The van der Waals surface area contributed by atoms with E-state index in [0.29, 0.717) is 12.8 Å². The fourth-order valence-electron chi connectivity index (χ4n) is 1.38. The zero-order valence-corrected chi connectivity index (χ0v) is 9.05. The molecule has 0 aliphatic rings. The number of non-ortho nitro benzene ring substituents is 1. The number of rotatable bonds is 5. The molecule has 0 saturated carbocycles. The quantitative estimate of drug-likeness (QED) is 0.603. The van der Waals surface area contributed by atoms with Crippen LogP contribution in [0.2, 0.25) is 0 Å². The minimum Gasteiger partial charge on any atom is -0.321 e. The van der Waals surface area contributed by atoms with Crippen LogP contribution >= 0.6 is 0 Å². The molecule has 0 bridgehead atoms. The first-order valence-corrected chi connectivity index (χ1v) is 5.06. The summed E-state index contributed by atoms with van der Waals surface area (Å²) in [5.74, 6) is -0.00153. The van der Waals surface area contributed by atoms with Crippen LogP contribution in [-0.2, 0) is 11.2 Å². The van der Waals surface area contributed by atoms with Crippen molar-refractivity contribution < 1.29 is 9.72 Å². The van der Waals surface area contributed by atoms with Gasteiger partial charge in [0.15, 0.2) is 0 Å². The molecule has 1 atom stereocenters. The molecule has 2 N–H and O–H groups in total. The molecule has 5 heteroatoms. The third kappa shape index (κ3) is 3.13. The molecule has 0 aromatic heterocycles. The van der Waals surface area contributed by atoms with Gasteiger partial charge >= 0.3 is 0 Å². The molecule has 1 aromatic carbocycles. The molecule has 0 amide bonds. The molecular formula is C11H14N2O3. The van der Waals surface area contributed by atoms with Crippen molar-refractivity contribution in [2.24, 2.45) is 5.73 Å². The molecule has 0 aliphatic heterocycles. The molecule has 0 heterocycles. The average molecular weight is 222 g/mol. The fourth-order valence-corrected chi connectivity index (χ4v) is 1.38. The highest BCUT2D eigenvalue weighted by Crippen LogP contribution is 2.13. The number of nitrogens with two attached hydrogens (primary N) is 1. The number of nitro benzene ring substituents is 1. The van der Waals surface area contributed by atoms with Crippen LogP contribution in [0.4, 0.5) is 5.69 Å². The Hall–Kier alpha value is -1.75. The Balaban J connectivity index is 2.68. The van der Waals surface area contributed by atoms with E-state index in [-0.39, 0.29) is 11.5 Å². The summed E-state index contributed by atoms with van der Waals surface area (Å²) in [7, 11) is 0. The van der Waals surface area contributed by atoms with E-state index in [0.717, 1.165) is 5.56 Å². The van der Waals surface area contributed by atoms with Gasteiger partial charge in [-0.15, -0.1) is 0 Å². The fraction of sp³-hybridized carbons (Fsp3) is 0.364. The minimum atomic E-state index is -0.522. The largest absolute Gasteiger partial charge is 0.321 e. The molecular weight excluding hydrogens is 208 g/mol. The zero-order chi connectivity index (χ0) is 12.1. The highest BCUT2D eigenvalue weighted by molar-refractivity contribution is 5.83. The SMILES string of the molecule is CCC(=O)[C@H](N)Cc1ccc([N+](=O)[O-])cc1.